The first-order valence-corrected chi connectivity index (χ1v) is 9.39. The first-order valence-electron chi connectivity index (χ1n) is 7.91. The Morgan fingerprint density at radius 3 is 2.54 bits per heavy atom. The van der Waals surface area contributed by atoms with Crippen molar-refractivity contribution < 1.29 is 13.2 Å². The normalized spacial score (nSPS) is 11.1. The molecule has 0 unspecified atom stereocenters. The van der Waals surface area contributed by atoms with Crippen LogP contribution in [-0.4, -0.2) is 20.9 Å². The topological polar surface area (TPSA) is 75.3 Å². The Kier molecular flexibility index (Phi) is 5.98. The second kappa shape index (κ2) is 7.97. The van der Waals surface area contributed by atoms with Crippen LogP contribution >= 0.6 is 0 Å². The highest BCUT2D eigenvalue weighted by atomic mass is 32.2. The lowest BCUT2D eigenvalue weighted by molar-refractivity contribution is 0.0953. The number of carbonyl (C=O) groups is 1. The fraction of sp³-hybridized carbons (Fsp3) is 0.278. The van der Waals surface area contributed by atoms with Crippen LogP contribution in [0.5, 0.6) is 0 Å². The summed E-state index contributed by atoms with van der Waals surface area (Å²) in [5.74, 6) is -0.267. The van der Waals surface area contributed by atoms with Crippen molar-refractivity contribution in [2.45, 2.75) is 31.6 Å². The van der Waals surface area contributed by atoms with E-state index < -0.39 is 10.0 Å². The van der Waals surface area contributed by atoms with Crippen molar-refractivity contribution in [3.05, 3.63) is 59.7 Å². The fourth-order valence-corrected chi connectivity index (χ4v) is 3.35. The maximum Gasteiger partial charge on any atom is 0.261 e. The van der Waals surface area contributed by atoms with Gasteiger partial charge in [-0.05, 0) is 43.2 Å². The van der Waals surface area contributed by atoms with Gasteiger partial charge in [-0.1, -0.05) is 37.6 Å². The van der Waals surface area contributed by atoms with Gasteiger partial charge >= 0.3 is 0 Å². The molecule has 0 radical (unpaired) electrons. The Hall–Kier alpha value is -2.34. The van der Waals surface area contributed by atoms with E-state index in [0.29, 0.717) is 17.8 Å². The predicted octanol–water partition coefficient (Wildman–Crippen LogP) is 3.33. The number of para-hydroxylation sites is 1. The lowest BCUT2D eigenvalue weighted by Gasteiger charge is -2.11. The van der Waals surface area contributed by atoms with Crippen molar-refractivity contribution in [2.75, 3.05) is 11.3 Å². The number of hydrogen-bond donors (Lipinski definition) is 2. The Morgan fingerprint density at radius 2 is 1.83 bits per heavy atom. The zero-order valence-corrected chi connectivity index (χ0v) is 14.7. The summed E-state index contributed by atoms with van der Waals surface area (Å²) in [6, 6.07) is 13.2. The third kappa shape index (κ3) is 4.58. The Morgan fingerprint density at radius 1 is 1.08 bits per heavy atom. The SMILES string of the molecule is CCCCNC(=O)c1cccc(S(=O)(=O)Nc2ccccc2C)c1. The van der Waals surface area contributed by atoms with Crippen molar-refractivity contribution in [3.8, 4) is 0 Å². The Balaban J connectivity index is 2.20. The van der Waals surface area contributed by atoms with E-state index in [0.717, 1.165) is 18.4 Å². The van der Waals surface area contributed by atoms with E-state index in [-0.39, 0.29) is 10.8 Å². The molecule has 2 N–H and O–H groups in total. The second-order valence-corrected chi connectivity index (χ2v) is 7.24. The molecule has 0 aliphatic heterocycles. The van der Waals surface area contributed by atoms with Gasteiger partial charge in [-0.2, -0.15) is 0 Å². The molecule has 0 aromatic heterocycles. The van der Waals surface area contributed by atoms with Crippen LogP contribution in [0.4, 0.5) is 5.69 Å². The number of benzene rings is 2. The van der Waals surface area contributed by atoms with E-state index in [1.165, 1.54) is 12.1 Å². The molecule has 128 valence electrons. The van der Waals surface area contributed by atoms with Gasteiger partial charge < -0.3 is 5.32 Å². The van der Waals surface area contributed by atoms with Crippen LogP contribution in [0.15, 0.2) is 53.4 Å². The number of anilines is 1. The molecule has 2 aromatic rings. The van der Waals surface area contributed by atoms with Crippen molar-refractivity contribution in [1.82, 2.24) is 5.32 Å². The first kappa shape index (κ1) is 18.0. The molecule has 0 atom stereocenters. The van der Waals surface area contributed by atoms with Gasteiger partial charge in [0.15, 0.2) is 0 Å². The highest BCUT2D eigenvalue weighted by molar-refractivity contribution is 7.92. The number of rotatable bonds is 7. The Bertz CT molecular complexity index is 817. The van der Waals surface area contributed by atoms with Gasteiger partial charge in [0.25, 0.3) is 15.9 Å². The van der Waals surface area contributed by atoms with Gasteiger partial charge in [0.1, 0.15) is 0 Å². The second-order valence-electron chi connectivity index (χ2n) is 5.56. The number of aryl methyl sites for hydroxylation is 1. The summed E-state index contributed by atoms with van der Waals surface area (Å²) in [5, 5.41) is 2.78. The van der Waals surface area contributed by atoms with Gasteiger partial charge in [-0.15, -0.1) is 0 Å². The number of hydrogen-bond acceptors (Lipinski definition) is 3. The zero-order chi connectivity index (χ0) is 17.6. The zero-order valence-electron chi connectivity index (χ0n) is 13.9. The summed E-state index contributed by atoms with van der Waals surface area (Å²) in [6.45, 7) is 4.44. The maximum atomic E-state index is 12.5. The monoisotopic (exact) mass is 346 g/mol. The molecule has 2 rings (SSSR count). The number of amides is 1. The van der Waals surface area contributed by atoms with Crippen molar-refractivity contribution in [2.24, 2.45) is 0 Å². The molecular weight excluding hydrogens is 324 g/mol. The van der Waals surface area contributed by atoms with Crippen LogP contribution in [0.25, 0.3) is 0 Å². The average Bonchev–Trinajstić information content (AvgIpc) is 2.57. The van der Waals surface area contributed by atoms with Crippen LogP contribution in [0, 0.1) is 6.92 Å². The number of nitrogens with one attached hydrogen (secondary N) is 2. The lowest BCUT2D eigenvalue weighted by atomic mass is 10.2. The molecule has 0 saturated carbocycles. The molecule has 0 aliphatic carbocycles. The molecule has 24 heavy (non-hydrogen) atoms. The van der Waals surface area contributed by atoms with E-state index in [1.807, 2.05) is 26.0 Å². The molecule has 6 heteroatoms. The molecule has 0 spiro atoms. The summed E-state index contributed by atoms with van der Waals surface area (Å²) in [5.41, 5.74) is 1.68. The highest BCUT2D eigenvalue weighted by Gasteiger charge is 2.17. The summed E-state index contributed by atoms with van der Waals surface area (Å²) in [6.07, 6.45) is 1.87. The van der Waals surface area contributed by atoms with Crippen molar-refractivity contribution in [3.63, 3.8) is 0 Å². The minimum absolute atomic E-state index is 0.0638. The van der Waals surface area contributed by atoms with Crippen LogP contribution in [0.3, 0.4) is 0 Å². The Labute approximate surface area is 143 Å². The molecule has 0 saturated heterocycles. The molecule has 0 heterocycles. The summed E-state index contributed by atoms with van der Waals surface area (Å²) >= 11 is 0. The number of sulfonamides is 1. The average molecular weight is 346 g/mol. The van der Waals surface area contributed by atoms with E-state index in [1.54, 1.807) is 24.3 Å². The van der Waals surface area contributed by atoms with Gasteiger partial charge in [0.05, 0.1) is 10.6 Å². The smallest absolute Gasteiger partial charge is 0.261 e. The van der Waals surface area contributed by atoms with Gasteiger partial charge in [0.2, 0.25) is 0 Å². The van der Waals surface area contributed by atoms with Crippen LogP contribution in [-0.2, 0) is 10.0 Å². The molecule has 0 aliphatic rings. The summed E-state index contributed by atoms with van der Waals surface area (Å²) in [4.78, 5) is 12.1. The van der Waals surface area contributed by atoms with Crippen molar-refractivity contribution in [1.29, 1.82) is 0 Å². The van der Waals surface area contributed by atoms with E-state index >= 15 is 0 Å². The molecule has 1 amide bonds. The minimum Gasteiger partial charge on any atom is -0.352 e. The number of carbonyl (C=O) groups excluding carboxylic acids is 1. The van der Waals surface area contributed by atoms with Crippen LogP contribution in [0.2, 0.25) is 0 Å². The standard InChI is InChI=1S/C18H22N2O3S/c1-3-4-12-19-18(21)15-9-7-10-16(13-15)24(22,23)20-17-11-6-5-8-14(17)2/h5-11,13,20H,3-4,12H2,1-2H3,(H,19,21). The third-order valence-corrected chi connectivity index (χ3v) is 4.97. The van der Waals surface area contributed by atoms with Crippen LogP contribution < -0.4 is 10.0 Å². The van der Waals surface area contributed by atoms with Crippen molar-refractivity contribution >= 4 is 21.6 Å². The molecule has 0 fully saturated rings. The maximum absolute atomic E-state index is 12.5. The molecule has 0 bridgehead atoms. The molecule has 5 nitrogen and oxygen atoms in total. The minimum atomic E-state index is -3.75. The van der Waals surface area contributed by atoms with Crippen LogP contribution in [0.1, 0.15) is 35.7 Å². The van der Waals surface area contributed by atoms with Gasteiger partial charge in [-0.3, -0.25) is 9.52 Å². The third-order valence-electron chi connectivity index (χ3n) is 3.61. The molecule has 2 aromatic carbocycles. The fourth-order valence-electron chi connectivity index (χ4n) is 2.18. The quantitative estimate of drug-likeness (QED) is 0.755. The molecular formula is C18H22N2O3S. The van der Waals surface area contributed by atoms with Gasteiger partial charge in [0, 0.05) is 12.1 Å². The summed E-state index contributed by atoms with van der Waals surface area (Å²) < 4.78 is 27.7. The summed E-state index contributed by atoms with van der Waals surface area (Å²) in [7, 11) is -3.75. The predicted molar refractivity (Wildman–Crippen MR) is 95.7 cm³/mol. The van der Waals surface area contributed by atoms with Gasteiger partial charge in [-0.25, -0.2) is 8.42 Å². The lowest BCUT2D eigenvalue weighted by Crippen LogP contribution is -2.24. The van der Waals surface area contributed by atoms with E-state index in [2.05, 4.69) is 10.0 Å². The first-order chi connectivity index (χ1) is 11.4. The largest absolute Gasteiger partial charge is 0.352 e. The van der Waals surface area contributed by atoms with E-state index in [4.69, 9.17) is 0 Å². The number of unbranched alkanes of at least 4 members (excludes halogenated alkanes) is 1. The highest BCUT2D eigenvalue weighted by Crippen LogP contribution is 2.20. The van der Waals surface area contributed by atoms with E-state index in [9.17, 15) is 13.2 Å².